The molecular weight excluding hydrogens is 384 g/mol. The maximum absolute atomic E-state index is 11.0. The van der Waals surface area contributed by atoms with E-state index in [2.05, 4.69) is 6.07 Å². The molecule has 30 heavy (non-hydrogen) atoms. The normalized spacial score (nSPS) is 10.8. The van der Waals surface area contributed by atoms with Crippen molar-refractivity contribution < 1.29 is 19.6 Å². The standard InChI is InChI=1S/C23H16N2O5/c24-14-20(17-8-10-18(11-9-17)23(26)27)13-19-5-1-2-7-22(19)30-15-16-4-3-6-21(12-16)25(28)29/h1-13H,15H2,(H,26,27)/b20-13+. The van der Waals surface area contributed by atoms with Gasteiger partial charge in [0.1, 0.15) is 12.4 Å². The number of hydrogen-bond donors (Lipinski definition) is 1. The SMILES string of the molecule is N#C/C(=C\c1ccccc1OCc1cccc([N+](=O)[O-])c1)c1ccc(C(=O)O)cc1. The van der Waals surface area contributed by atoms with Crippen LogP contribution in [0, 0.1) is 21.4 Å². The second-order valence-corrected chi connectivity index (χ2v) is 6.31. The van der Waals surface area contributed by atoms with Gasteiger partial charge in [-0.2, -0.15) is 5.26 Å². The number of carbonyl (C=O) groups is 1. The fourth-order valence-electron chi connectivity index (χ4n) is 2.78. The van der Waals surface area contributed by atoms with Crippen LogP contribution in [0.15, 0.2) is 72.8 Å². The van der Waals surface area contributed by atoms with Gasteiger partial charge in [-0.15, -0.1) is 0 Å². The van der Waals surface area contributed by atoms with E-state index >= 15 is 0 Å². The highest BCUT2D eigenvalue weighted by molar-refractivity contribution is 5.92. The van der Waals surface area contributed by atoms with Crippen molar-refractivity contribution in [2.75, 3.05) is 0 Å². The average molecular weight is 400 g/mol. The Labute approximate surface area is 172 Å². The molecule has 3 aromatic carbocycles. The van der Waals surface area contributed by atoms with Crippen LogP contribution in [0.3, 0.4) is 0 Å². The Hall–Kier alpha value is -4.44. The van der Waals surface area contributed by atoms with Crippen molar-refractivity contribution in [1.82, 2.24) is 0 Å². The van der Waals surface area contributed by atoms with Gasteiger partial charge >= 0.3 is 5.97 Å². The zero-order chi connectivity index (χ0) is 21.5. The number of allylic oxidation sites excluding steroid dienone is 1. The van der Waals surface area contributed by atoms with E-state index in [0.29, 0.717) is 28.0 Å². The third-order valence-corrected chi connectivity index (χ3v) is 4.30. The van der Waals surface area contributed by atoms with E-state index in [0.717, 1.165) is 0 Å². The number of rotatable bonds is 7. The molecule has 1 N–H and O–H groups in total. The van der Waals surface area contributed by atoms with Gasteiger partial charge in [0.25, 0.3) is 5.69 Å². The summed E-state index contributed by atoms with van der Waals surface area (Å²) in [6.45, 7) is 0.127. The highest BCUT2D eigenvalue weighted by Gasteiger charge is 2.09. The number of non-ortho nitro benzene ring substituents is 1. The van der Waals surface area contributed by atoms with Crippen LogP contribution in [0.5, 0.6) is 5.75 Å². The lowest BCUT2D eigenvalue weighted by Gasteiger charge is -2.10. The highest BCUT2D eigenvalue weighted by Crippen LogP contribution is 2.26. The Morgan fingerprint density at radius 1 is 1.07 bits per heavy atom. The van der Waals surface area contributed by atoms with Gasteiger partial charge < -0.3 is 9.84 Å². The number of benzene rings is 3. The minimum atomic E-state index is -1.04. The molecule has 7 heteroatoms. The molecule has 0 heterocycles. The average Bonchev–Trinajstić information content (AvgIpc) is 2.77. The van der Waals surface area contributed by atoms with Crippen molar-refractivity contribution >= 4 is 23.3 Å². The maximum Gasteiger partial charge on any atom is 0.335 e. The molecule has 0 radical (unpaired) electrons. The molecule has 0 fully saturated rings. The minimum Gasteiger partial charge on any atom is -0.488 e. The van der Waals surface area contributed by atoms with Crippen molar-refractivity contribution in [3.05, 3.63) is 105 Å². The Morgan fingerprint density at radius 3 is 2.43 bits per heavy atom. The van der Waals surface area contributed by atoms with Crippen molar-refractivity contribution in [3.8, 4) is 11.8 Å². The molecule has 3 rings (SSSR count). The number of nitro benzene ring substituents is 1. The molecule has 0 aliphatic heterocycles. The summed E-state index contributed by atoms with van der Waals surface area (Å²) in [5.41, 5.74) is 2.35. The number of nitrogens with zero attached hydrogens (tertiary/aromatic N) is 2. The lowest BCUT2D eigenvalue weighted by atomic mass is 10.0. The molecule has 0 atom stereocenters. The predicted molar refractivity (Wildman–Crippen MR) is 111 cm³/mol. The second-order valence-electron chi connectivity index (χ2n) is 6.31. The van der Waals surface area contributed by atoms with Gasteiger partial charge in [-0.25, -0.2) is 4.79 Å². The van der Waals surface area contributed by atoms with Gasteiger partial charge in [-0.1, -0.05) is 42.5 Å². The molecule has 0 saturated carbocycles. The van der Waals surface area contributed by atoms with E-state index in [1.54, 1.807) is 54.6 Å². The molecule has 3 aromatic rings. The van der Waals surface area contributed by atoms with Gasteiger partial charge in [0, 0.05) is 17.7 Å². The molecular formula is C23H16N2O5. The van der Waals surface area contributed by atoms with Crippen molar-refractivity contribution in [3.63, 3.8) is 0 Å². The number of ether oxygens (including phenoxy) is 1. The number of hydrogen-bond acceptors (Lipinski definition) is 5. The second kappa shape index (κ2) is 9.17. The van der Waals surface area contributed by atoms with Gasteiger partial charge in [0.2, 0.25) is 0 Å². The van der Waals surface area contributed by atoms with Gasteiger partial charge in [-0.3, -0.25) is 10.1 Å². The van der Waals surface area contributed by atoms with E-state index in [9.17, 15) is 20.2 Å². The molecule has 0 amide bonds. The molecule has 0 spiro atoms. The summed E-state index contributed by atoms with van der Waals surface area (Å²) in [7, 11) is 0. The maximum atomic E-state index is 11.0. The zero-order valence-corrected chi connectivity index (χ0v) is 15.7. The molecule has 0 saturated heterocycles. The van der Waals surface area contributed by atoms with Crippen LogP contribution < -0.4 is 4.74 Å². The van der Waals surface area contributed by atoms with Crippen LogP contribution in [0.25, 0.3) is 11.6 Å². The van der Waals surface area contributed by atoms with E-state index in [1.807, 2.05) is 0 Å². The summed E-state index contributed by atoms with van der Waals surface area (Å²) in [5, 5.41) is 29.5. The summed E-state index contributed by atoms with van der Waals surface area (Å²) in [6, 6.07) is 21.4. The molecule has 0 aliphatic rings. The van der Waals surface area contributed by atoms with E-state index in [4.69, 9.17) is 9.84 Å². The fraction of sp³-hybridized carbons (Fsp3) is 0.0435. The Morgan fingerprint density at radius 2 is 1.77 bits per heavy atom. The van der Waals surface area contributed by atoms with Crippen molar-refractivity contribution in [1.29, 1.82) is 5.26 Å². The fourth-order valence-corrected chi connectivity index (χ4v) is 2.78. The third kappa shape index (κ3) is 4.88. The molecule has 0 aromatic heterocycles. The summed E-state index contributed by atoms with van der Waals surface area (Å²) >= 11 is 0. The van der Waals surface area contributed by atoms with Crippen LogP contribution in [0.2, 0.25) is 0 Å². The Kier molecular flexibility index (Phi) is 6.20. The van der Waals surface area contributed by atoms with Crippen LogP contribution in [0.4, 0.5) is 5.69 Å². The number of carboxylic acids is 1. The molecule has 0 unspecified atom stereocenters. The zero-order valence-electron chi connectivity index (χ0n) is 15.7. The lowest BCUT2D eigenvalue weighted by Crippen LogP contribution is -1.98. The summed E-state index contributed by atoms with van der Waals surface area (Å²) in [6.07, 6.45) is 1.65. The number of para-hydroxylation sites is 1. The summed E-state index contributed by atoms with van der Waals surface area (Å²) < 4.78 is 5.84. The van der Waals surface area contributed by atoms with Gasteiger partial charge in [0.05, 0.1) is 22.1 Å². The number of carboxylic acid groups (broad SMARTS) is 1. The van der Waals surface area contributed by atoms with Gasteiger partial charge in [0.15, 0.2) is 0 Å². The van der Waals surface area contributed by atoms with Crippen LogP contribution in [0.1, 0.15) is 27.0 Å². The number of nitro groups is 1. The monoisotopic (exact) mass is 400 g/mol. The van der Waals surface area contributed by atoms with E-state index in [1.165, 1.54) is 24.3 Å². The first-order valence-corrected chi connectivity index (χ1v) is 8.88. The third-order valence-electron chi connectivity index (χ3n) is 4.30. The first-order chi connectivity index (χ1) is 14.5. The van der Waals surface area contributed by atoms with Gasteiger partial charge in [-0.05, 0) is 35.4 Å². The van der Waals surface area contributed by atoms with E-state index < -0.39 is 10.9 Å². The highest BCUT2D eigenvalue weighted by atomic mass is 16.6. The summed E-state index contributed by atoms with van der Waals surface area (Å²) in [5.74, 6) is -0.525. The van der Waals surface area contributed by atoms with E-state index in [-0.39, 0.29) is 17.9 Å². The Balaban J connectivity index is 1.85. The summed E-state index contributed by atoms with van der Waals surface area (Å²) in [4.78, 5) is 21.5. The minimum absolute atomic E-state index is 0.0131. The topological polar surface area (TPSA) is 113 Å². The Bertz CT molecular complexity index is 1160. The molecule has 0 bridgehead atoms. The largest absolute Gasteiger partial charge is 0.488 e. The first-order valence-electron chi connectivity index (χ1n) is 8.88. The smallest absolute Gasteiger partial charge is 0.335 e. The lowest BCUT2D eigenvalue weighted by molar-refractivity contribution is -0.384. The molecule has 7 nitrogen and oxygen atoms in total. The quantitative estimate of drug-likeness (QED) is 0.260. The van der Waals surface area contributed by atoms with Crippen LogP contribution in [-0.4, -0.2) is 16.0 Å². The van der Waals surface area contributed by atoms with Crippen LogP contribution >= 0.6 is 0 Å². The predicted octanol–water partition coefficient (Wildman–Crippen LogP) is 4.94. The number of nitriles is 1. The molecule has 0 aliphatic carbocycles. The number of aromatic carboxylic acids is 1. The molecule has 148 valence electrons. The first kappa shape index (κ1) is 20.3. The van der Waals surface area contributed by atoms with Crippen molar-refractivity contribution in [2.24, 2.45) is 0 Å². The van der Waals surface area contributed by atoms with Crippen LogP contribution in [-0.2, 0) is 6.61 Å². The van der Waals surface area contributed by atoms with Crippen molar-refractivity contribution in [2.45, 2.75) is 6.61 Å².